The molecule has 0 amide bonds. The Balaban J connectivity index is 1.82. The number of rotatable bonds is 6. The van der Waals surface area contributed by atoms with Gasteiger partial charge >= 0.3 is 0 Å². The van der Waals surface area contributed by atoms with Crippen LogP contribution in [-0.4, -0.2) is 45.0 Å². The van der Waals surface area contributed by atoms with Crippen LogP contribution in [-0.2, 0) is 6.54 Å². The van der Waals surface area contributed by atoms with Crippen LogP contribution in [0.3, 0.4) is 0 Å². The van der Waals surface area contributed by atoms with Crippen molar-refractivity contribution in [3.8, 4) is 28.6 Å². The Kier molecular flexibility index (Phi) is 4.75. The first-order valence-corrected chi connectivity index (χ1v) is 8.99. The fourth-order valence-electron chi connectivity index (χ4n) is 3.53. The Labute approximate surface area is 162 Å². The van der Waals surface area contributed by atoms with Gasteiger partial charge in [0.15, 0.2) is 0 Å². The summed E-state index contributed by atoms with van der Waals surface area (Å²) in [6.45, 7) is 2.57. The van der Waals surface area contributed by atoms with Gasteiger partial charge in [0.2, 0.25) is 0 Å². The molecule has 0 spiro atoms. The topological polar surface area (TPSA) is 74.3 Å². The molecule has 0 unspecified atom stereocenters. The first kappa shape index (κ1) is 18.1. The zero-order valence-corrected chi connectivity index (χ0v) is 16.1. The lowest BCUT2D eigenvalue weighted by Gasteiger charge is -2.15. The Bertz CT molecular complexity index is 1130. The number of nitrogens with zero attached hydrogens (tertiary/aromatic N) is 4. The Morgan fingerprint density at radius 2 is 1.93 bits per heavy atom. The van der Waals surface area contributed by atoms with Crippen LogP contribution in [0.15, 0.2) is 49.1 Å². The van der Waals surface area contributed by atoms with Crippen molar-refractivity contribution in [2.45, 2.75) is 13.5 Å². The molecule has 0 aliphatic heterocycles. The minimum atomic E-state index is 0.0789. The van der Waals surface area contributed by atoms with E-state index in [9.17, 15) is 5.11 Å². The zero-order valence-electron chi connectivity index (χ0n) is 16.1. The molecule has 0 saturated carbocycles. The minimum Gasteiger partial charge on any atom is -0.496 e. The second-order valence-electron chi connectivity index (χ2n) is 6.43. The maximum atomic E-state index is 9.19. The quantitative estimate of drug-likeness (QED) is 0.558. The molecule has 0 radical (unpaired) electrons. The van der Waals surface area contributed by atoms with Gasteiger partial charge in [-0.1, -0.05) is 0 Å². The summed E-state index contributed by atoms with van der Waals surface area (Å²) in [6.07, 6.45) is 5.43. The number of benzene rings is 2. The third-order valence-corrected chi connectivity index (χ3v) is 4.89. The fraction of sp³-hybridized carbons (Fsp3) is 0.238. The van der Waals surface area contributed by atoms with E-state index in [4.69, 9.17) is 9.47 Å². The molecule has 0 atom stereocenters. The first-order valence-electron chi connectivity index (χ1n) is 8.99. The van der Waals surface area contributed by atoms with E-state index in [-0.39, 0.29) is 6.61 Å². The van der Waals surface area contributed by atoms with Crippen molar-refractivity contribution < 1.29 is 14.6 Å². The number of aliphatic hydroxyl groups excluding tert-OH is 1. The van der Waals surface area contributed by atoms with Crippen LogP contribution in [0.2, 0.25) is 0 Å². The number of aromatic nitrogens is 4. The third-order valence-electron chi connectivity index (χ3n) is 4.89. The second-order valence-corrected chi connectivity index (χ2v) is 6.43. The lowest BCUT2D eigenvalue weighted by molar-refractivity contribution is 0.278. The zero-order chi connectivity index (χ0) is 19.7. The summed E-state index contributed by atoms with van der Waals surface area (Å²) < 4.78 is 15.0. The molecular formula is C21H22N4O3. The van der Waals surface area contributed by atoms with E-state index in [2.05, 4.69) is 9.97 Å². The van der Waals surface area contributed by atoms with E-state index < -0.39 is 0 Å². The van der Waals surface area contributed by atoms with E-state index in [1.165, 1.54) is 0 Å². The lowest BCUT2D eigenvalue weighted by atomic mass is 10.1. The van der Waals surface area contributed by atoms with Crippen molar-refractivity contribution in [2.24, 2.45) is 0 Å². The van der Waals surface area contributed by atoms with Crippen molar-refractivity contribution in [1.82, 2.24) is 19.1 Å². The standard InChI is InChI=1S/C21H22N4O3/c1-14-19(27-2)7-5-16(20(14)28-3)21-22-8-9-25(21)15-4-6-18-17(12-15)23-13-24(18)10-11-26/h4-9,12-13,26H,10-11H2,1-3H3. The molecule has 0 fully saturated rings. The van der Waals surface area contributed by atoms with Gasteiger partial charge in [-0.2, -0.15) is 0 Å². The normalized spacial score (nSPS) is 11.1. The molecule has 144 valence electrons. The maximum Gasteiger partial charge on any atom is 0.148 e. The number of hydrogen-bond acceptors (Lipinski definition) is 5. The van der Waals surface area contributed by atoms with Gasteiger partial charge in [0, 0.05) is 30.2 Å². The van der Waals surface area contributed by atoms with Gasteiger partial charge in [-0.25, -0.2) is 9.97 Å². The summed E-state index contributed by atoms with van der Waals surface area (Å²) in [5.41, 5.74) is 4.61. The van der Waals surface area contributed by atoms with Crippen molar-refractivity contribution >= 4 is 11.0 Å². The van der Waals surface area contributed by atoms with Crippen LogP contribution in [0.5, 0.6) is 11.5 Å². The van der Waals surface area contributed by atoms with Gasteiger partial charge in [-0.05, 0) is 37.3 Å². The highest BCUT2D eigenvalue weighted by Gasteiger charge is 2.17. The van der Waals surface area contributed by atoms with Gasteiger partial charge in [-0.15, -0.1) is 0 Å². The third kappa shape index (κ3) is 2.90. The molecule has 2 aromatic carbocycles. The molecule has 4 aromatic rings. The molecule has 7 nitrogen and oxygen atoms in total. The highest BCUT2D eigenvalue weighted by molar-refractivity contribution is 5.79. The fourth-order valence-corrected chi connectivity index (χ4v) is 3.53. The monoisotopic (exact) mass is 378 g/mol. The van der Waals surface area contributed by atoms with Crippen molar-refractivity contribution in [1.29, 1.82) is 0 Å². The number of imidazole rings is 2. The predicted molar refractivity (Wildman–Crippen MR) is 107 cm³/mol. The lowest BCUT2D eigenvalue weighted by Crippen LogP contribution is -2.01. The first-order chi connectivity index (χ1) is 13.7. The van der Waals surface area contributed by atoms with Crippen LogP contribution >= 0.6 is 0 Å². The number of ether oxygens (including phenoxy) is 2. The molecule has 28 heavy (non-hydrogen) atoms. The summed E-state index contributed by atoms with van der Waals surface area (Å²) in [4.78, 5) is 9.02. The number of methoxy groups -OCH3 is 2. The molecule has 2 aromatic heterocycles. The summed E-state index contributed by atoms with van der Waals surface area (Å²) in [6, 6.07) is 9.92. The van der Waals surface area contributed by atoms with Crippen LogP contribution in [0, 0.1) is 6.92 Å². The Hall–Kier alpha value is -3.32. The highest BCUT2D eigenvalue weighted by atomic mass is 16.5. The van der Waals surface area contributed by atoms with E-state index in [1.54, 1.807) is 26.7 Å². The highest BCUT2D eigenvalue weighted by Crippen LogP contribution is 2.37. The predicted octanol–water partition coefficient (Wildman–Crippen LogP) is 3.21. The molecular weight excluding hydrogens is 356 g/mol. The number of aliphatic hydroxyl groups is 1. The molecule has 1 N–H and O–H groups in total. The molecule has 0 aliphatic rings. The summed E-state index contributed by atoms with van der Waals surface area (Å²) >= 11 is 0. The van der Waals surface area contributed by atoms with Gasteiger partial charge < -0.3 is 19.1 Å². The minimum absolute atomic E-state index is 0.0789. The molecule has 2 heterocycles. The van der Waals surface area contributed by atoms with E-state index in [0.29, 0.717) is 6.54 Å². The summed E-state index contributed by atoms with van der Waals surface area (Å²) in [5, 5.41) is 9.19. The molecule has 0 saturated heterocycles. The summed E-state index contributed by atoms with van der Waals surface area (Å²) in [5.74, 6) is 2.28. The Morgan fingerprint density at radius 1 is 1.07 bits per heavy atom. The maximum absolute atomic E-state index is 9.19. The van der Waals surface area contributed by atoms with Crippen LogP contribution in [0.25, 0.3) is 28.1 Å². The van der Waals surface area contributed by atoms with E-state index >= 15 is 0 Å². The van der Waals surface area contributed by atoms with Gasteiger partial charge in [0.05, 0.1) is 43.8 Å². The number of fused-ring (bicyclic) bond motifs is 1. The average Bonchev–Trinajstić information content (AvgIpc) is 3.35. The van der Waals surface area contributed by atoms with Gasteiger partial charge in [-0.3, -0.25) is 4.57 Å². The van der Waals surface area contributed by atoms with Crippen LogP contribution < -0.4 is 9.47 Å². The van der Waals surface area contributed by atoms with Crippen molar-refractivity contribution in [3.63, 3.8) is 0 Å². The average molecular weight is 378 g/mol. The second kappa shape index (κ2) is 7.36. The molecule has 7 heteroatoms. The Morgan fingerprint density at radius 3 is 2.68 bits per heavy atom. The van der Waals surface area contributed by atoms with Gasteiger partial charge in [0.25, 0.3) is 0 Å². The van der Waals surface area contributed by atoms with Gasteiger partial charge in [0.1, 0.15) is 17.3 Å². The van der Waals surface area contributed by atoms with Crippen LogP contribution in [0.1, 0.15) is 5.56 Å². The van der Waals surface area contributed by atoms with Crippen LogP contribution in [0.4, 0.5) is 0 Å². The van der Waals surface area contributed by atoms with Crippen molar-refractivity contribution in [2.75, 3.05) is 20.8 Å². The van der Waals surface area contributed by atoms with E-state index in [0.717, 1.165) is 45.2 Å². The largest absolute Gasteiger partial charge is 0.496 e. The molecule has 0 aliphatic carbocycles. The van der Waals surface area contributed by atoms with Crippen molar-refractivity contribution in [3.05, 3.63) is 54.6 Å². The SMILES string of the molecule is COc1ccc(-c2nccn2-c2ccc3c(c2)ncn3CCO)c(OC)c1C. The van der Waals surface area contributed by atoms with E-state index in [1.807, 2.05) is 52.6 Å². The summed E-state index contributed by atoms with van der Waals surface area (Å²) in [7, 11) is 3.30. The molecule has 0 bridgehead atoms. The smallest absolute Gasteiger partial charge is 0.148 e. The molecule has 4 rings (SSSR count). The number of hydrogen-bond donors (Lipinski definition) is 1.